The van der Waals surface area contributed by atoms with Gasteiger partial charge in [-0.25, -0.2) is 0 Å². The maximum absolute atomic E-state index is 13.6. The monoisotopic (exact) mass is 398 g/mol. The summed E-state index contributed by atoms with van der Waals surface area (Å²) in [5, 5.41) is 0. The number of nitrogens with one attached hydrogen (secondary N) is 2. The number of alkyl halides is 7. The van der Waals surface area contributed by atoms with Crippen LogP contribution in [-0.4, -0.2) is 29.7 Å². The summed E-state index contributed by atoms with van der Waals surface area (Å²) < 4.78 is 90.1. The van der Waals surface area contributed by atoms with Crippen molar-refractivity contribution in [3.63, 3.8) is 0 Å². The van der Waals surface area contributed by atoms with Crippen LogP contribution in [0.25, 0.3) is 0 Å². The highest BCUT2D eigenvalue weighted by Gasteiger charge is 2.76. The molecule has 0 saturated heterocycles. The topological polar surface area (TPSA) is 58.2 Å². The smallest absolute Gasteiger partial charge is 0.302 e. The molecule has 1 amide bonds. The molecule has 0 radical (unpaired) electrons. The summed E-state index contributed by atoms with van der Waals surface area (Å²) in [5.74, 6) is -15.8. The fraction of sp³-hybridized carbons (Fsp3) is 0.375. The number of amides is 1. The van der Waals surface area contributed by atoms with E-state index in [-0.39, 0.29) is 24.1 Å². The average Bonchev–Trinajstić information content (AvgIpc) is 3.06. The SMILES string of the molecule is O=C(NNC1=C(C(=O)C(F)(F)C(F)(F)C(F)(F)F)CCC1)c1ccccc1. The lowest BCUT2D eigenvalue weighted by atomic mass is 9.99. The highest BCUT2D eigenvalue weighted by molar-refractivity contribution is 6.02. The van der Waals surface area contributed by atoms with Crippen LogP contribution in [0.4, 0.5) is 30.7 Å². The number of halogens is 7. The van der Waals surface area contributed by atoms with Crippen LogP contribution >= 0.6 is 0 Å². The summed E-state index contributed by atoms with van der Waals surface area (Å²) in [4.78, 5) is 23.6. The van der Waals surface area contributed by atoms with Crippen molar-refractivity contribution in [3.8, 4) is 0 Å². The quantitative estimate of drug-likeness (QED) is 0.567. The van der Waals surface area contributed by atoms with E-state index < -0.39 is 41.7 Å². The first-order chi connectivity index (χ1) is 12.4. The lowest BCUT2D eigenvalue weighted by Crippen LogP contribution is -2.56. The molecule has 148 valence electrons. The molecule has 0 spiro atoms. The van der Waals surface area contributed by atoms with Gasteiger partial charge in [0, 0.05) is 16.8 Å². The molecular formula is C16H13F7N2O2. The van der Waals surface area contributed by atoms with Gasteiger partial charge < -0.3 is 5.43 Å². The van der Waals surface area contributed by atoms with Gasteiger partial charge in [-0.15, -0.1) is 0 Å². The number of hydrazine groups is 1. The molecule has 0 aliphatic heterocycles. The second kappa shape index (κ2) is 7.20. The van der Waals surface area contributed by atoms with E-state index in [1.807, 2.05) is 0 Å². The summed E-state index contributed by atoms with van der Waals surface area (Å²) >= 11 is 0. The summed E-state index contributed by atoms with van der Waals surface area (Å²) in [6, 6.07) is 7.55. The minimum absolute atomic E-state index is 0.0677. The Bertz CT molecular complexity index is 758. The number of benzene rings is 1. The van der Waals surface area contributed by atoms with Crippen LogP contribution in [0, 0.1) is 0 Å². The Labute approximate surface area is 148 Å². The van der Waals surface area contributed by atoms with E-state index in [0.29, 0.717) is 0 Å². The zero-order valence-corrected chi connectivity index (χ0v) is 13.5. The van der Waals surface area contributed by atoms with E-state index in [0.717, 1.165) is 0 Å². The Morgan fingerprint density at radius 1 is 0.889 bits per heavy atom. The van der Waals surface area contributed by atoms with Crippen LogP contribution in [0.15, 0.2) is 41.6 Å². The van der Waals surface area contributed by atoms with Crippen LogP contribution in [0.3, 0.4) is 0 Å². The third-order valence-electron chi connectivity index (χ3n) is 3.89. The molecule has 0 atom stereocenters. The van der Waals surface area contributed by atoms with Gasteiger partial charge in [0.05, 0.1) is 0 Å². The van der Waals surface area contributed by atoms with Crippen LogP contribution in [0.1, 0.15) is 29.6 Å². The standard InChI is InChI=1S/C16H13F7N2O2/c17-14(18,15(19,20)16(21,22)23)12(26)10-7-4-8-11(10)24-25-13(27)9-5-2-1-3-6-9/h1-3,5-6,24H,4,7-8H2,(H,25,27). The van der Waals surface area contributed by atoms with Gasteiger partial charge in [-0.2, -0.15) is 30.7 Å². The number of carbonyl (C=O) groups is 2. The summed E-state index contributed by atoms with van der Waals surface area (Å²) in [6.07, 6.45) is -7.03. The first-order valence-corrected chi connectivity index (χ1v) is 7.60. The molecule has 0 aromatic heterocycles. The normalized spacial score (nSPS) is 15.7. The number of rotatable bonds is 6. The molecule has 1 aliphatic carbocycles. The fourth-order valence-corrected chi connectivity index (χ4v) is 2.44. The van der Waals surface area contributed by atoms with Gasteiger partial charge in [-0.05, 0) is 31.4 Å². The van der Waals surface area contributed by atoms with Crippen LogP contribution in [0.5, 0.6) is 0 Å². The zero-order valence-electron chi connectivity index (χ0n) is 13.5. The Balaban J connectivity index is 2.20. The first kappa shape index (κ1) is 20.7. The lowest BCUT2D eigenvalue weighted by Gasteiger charge is -2.27. The van der Waals surface area contributed by atoms with Gasteiger partial charge in [0.2, 0.25) is 5.78 Å². The Morgan fingerprint density at radius 3 is 2.04 bits per heavy atom. The number of Topliss-reactive ketones (excluding diaryl/α,β-unsaturated/α-hetero) is 1. The van der Waals surface area contributed by atoms with Crippen molar-refractivity contribution in [1.29, 1.82) is 0 Å². The number of hydrogen-bond donors (Lipinski definition) is 2. The molecule has 11 heteroatoms. The van der Waals surface area contributed by atoms with E-state index in [4.69, 9.17) is 0 Å². The summed E-state index contributed by atoms with van der Waals surface area (Å²) in [7, 11) is 0. The van der Waals surface area contributed by atoms with Crippen LogP contribution < -0.4 is 10.9 Å². The van der Waals surface area contributed by atoms with Crippen molar-refractivity contribution in [2.75, 3.05) is 0 Å². The molecule has 2 rings (SSSR count). The largest absolute Gasteiger partial charge is 0.460 e. The molecule has 0 heterocycles. The van der Waals surface area contributed by atoms with Gasteiger partial charge in [0.15, 0.2) is 0 Å². The highest BCUT2D eigenvalue weighted by atomic mass is 19.4. The zero-order chi connectivity index (χ0) is 20.5. The van der Waals surface area contributed by atoms with Crippen molar-refractivity contribution in [2.24, 2.45) is 0 Å². The third kappa shape index (κ3) is 3.91. The molecule has 2 N–H and O–H groups in total. The molecule has 1 aliphatic rings. The lowest BCUT2D eigenvalue weighted by molar-refractivity contribution is -0.342. The molecule has 27 heavy (non-hydrogen) atoms. The van der Waals surface area contributed by atoms with Gasteiger partial charge in [0.1, 0.15) is 0 Å². The van der Waals surface area contributed by atoms with Gasteiger partial charge in [-0.3, -0.25) is 15.0 Å². The molecule has 4 nitrogen and oxygen atoms in total. The van der Waals surface area contributed by atoms with Crippen molar-refractivity contribution >= 4 is 11.7 Å². The maximum Gasteiger partial charge on any atom is 0.460 e. The summed E-state index contributed by atoms with van der Waals surface area (Å²) in [5.41, 5.74) is 3.20. The van der Waals surface area contributed by atoms with Gasteiger partial charge >= 0.3 is 18.0 Å². The second-order valence-electron chi connectivity index (χ2n) is 5.73. The van der Waals surface area contributed by atoms with E-state index in [1.54, 1.807) is 18.2 Å². The highest BCUT2D eigenvalue weighted by Crippen LogP contribution is 2.48. The summed E-state index contributed by atoms with van der Waals surface area (Å²) in [6.45, 7) is 0. The predicted octanol–water partition coefficient (Wildman–Crippen LogP) is 3.76. The molecule has 0 unspecified atom stereocenters. The third-order valence-corrected chi connectivity index (χ3v) is 3.89. The van der Waals surface area contributed by atoms with Crippen LogP contribution in [0.2, 0.25) is 0 Å². The molecular weight excluding hydrogens is 385 g/mol. The van der Waals surface area contributed by atoms with E-state index in [2.05, 4.69) is 10.9 Å². The van der Waals surface area contributed by atoms with Crippen molar-refractivity contribution in [2.45, 2.75) is 37.3 Å². The Kier molecular flexibility index (Phi) is 5.52. The van der Waals surface area contributed by atoms with E-state index in [9.17, 15) is 40.3 Å². The van der Waals surface area contributed by atoms with Gasteiger partial charge in [-0.1, -0.05) is 18.2 Å². The number of carbonyl (C=O) groups excluding carboxylic acids is 2. The second-order valence-corrected chi connectivity index (χ2v) is 5.73. The first-order valence-electron chi connectivity index (χ1n) is 7.60. The predicted molar refractivity (Wildman–Crippen MR) is 78.9 cm³/mol. The molecule has 1 aromatic rings. The number of hydrogen-bond acceptors (Lipinski definition) is 3. The Hall–Kier alpha value is -2.59. The maximum atomic E-state index is 13.6. The molecule has 0 fully saturated rings. The van der Waals surface area contributed by atoms with Crippen LogP contribution in [-0.2, 0) is 4.79 Å². The average molecular weight is 398 g/mol. The van der Waals surface area contributed by atoms with Crippen molar-refractivity contribution in [1.82, 2.24) is 10.9 Å². The van der Waals surface area contributed by atoms with E-state index >= 15 is 0 Å². The van der Waals surface area contributed by atoms with Crippen molar-refractivity contribution < 1.29 is 40.3 Å². The minimum Gasteiger partial charge on any atom is -0.302 e. The minimum atomic E-state index is -6.60. The fourth-order valence-electron chi connectivity index (χ4n) is 2.44. The molecule has 0 saturated carbocycles. The number of allylic oxidation sites excluding steroid dienone is 2. The Morgan fingerprint density at radius 2 is 1.48 bits per heavy atom. The van der Waals surface area contributed by atoms with Gasteiger partial charge in [0.25, 0.3) is 5.91 Å². The van der Waals surface area contributed by atoms with Crippen molar-refractivity contribution in [3.05, 3.63) is 47.2 Å². The number of ketones is 1. The molecule has 1 aromatic carbocycles. The van der Waals surface area contributed by atoms with E-state index in [1.165, 1.54) is 12.1 Å². The molecule has 0 bridgehead atoms.